The lowest BCUT2D eigenvalue weighted by Gasteiger charge is -2.45. The first-order valence-corrected chi connectivity index (χ1v) is 8.15. The van der Waals surface area contributed by atoms with E-state index in [1.165, 1.54) is 19.3 Å². The van der Waals surface area contributed by atoms with Gasteiger partial charge in [0.15, 0.2) is 0 Å². The summed E-state index contributed by atoms with van der Waals surface area (Å²) in [5, 5.41) is 3.56. The fourth-order valence-corrected chi connectivity index (χ4v) is 3.44. The quantitative estimate of drug-likeness (QED) is 0.781. The van der Waals surface area contributed by atoms with Gasteiger partial charge in [-0.15, -0.1) is 0 Å². The van der Waals surface area contributed by atoms with E-state index in [1.807, 2.05) is 0 Å². The van der Waals surface area contributed by atoms with Gasteiger partial charge in [0, 0.05) is 18.1 Å². The van der Waals surface area contributed by atoms with Gasteiger partial charge >= 0.3 is 0 Å². The average Bonchev–Trinajstić information content (AvgIpc) is 3.20. The fourth-order valence-electron chi connectivity index (χ4n) is 3.44. The summed E-state index contributed by atoms with van der Waals surface area (Å²) in [5.74, 6) is 0.473. The SMILES string of the molecule is CC(C)C(C)N(C)C1CCCC(NC2CC2)(C(N)=O)C1. The second-order valence-corrected chi connectivity index (χ2v) is 7.27. The maximum absolute atomic E-state index is 12.1. The van der Waals surface area contributed by atoms with Crippen LogP contribution in [0.5, 0.6) is 0 Å². The largest absolute Gasteiger partial charge is 0.368 e. The molecule has 1 amide bonds. The molecule has 0 aromatic rings. The van der Waals surface area contributed by atoms with Crippen LogP contribution in [0.15, 0.2) is 0 Å². The molecule has 2 saturated carbocycles. The summed E-state index contributed by atoms with van der Waals surface area (Å²) in [6.45, 7) is 6.79. The number of rotatable bonds is 6. The standard InChI is InChI=1S/C16H31N3O/c1-11(2)12(3)19(4)14-6-5-9-16(10-14,15(17)20)18-13-7-8-13/h11-14,18H,5-10H2,1-4H3,(H2,17,20). The van der Waals surface area contributed by atoms with E-state index in [0.29, 0.717) is 24.0 Å². The Morgan fingerprint density at radius 1 is 1.30 bits per heavy atom. The van der Waals surface area contributed by atoms with Crippen molar-refractivity contribution >= 4 is 5.91 Å². The van der Waals surface area contributed by atoms with Gasteiger partial charge in [0.2, 0.25) is 5.91 Å². The summed E-state index contributed by atoms with van der Waals surface area (Å²) in [6.07, 6.45) is 6.42. The number of carbonyl (C=O) groups excluding carboxylic acids is 1. The van der Waals surface area contributed by atoms with Gasteiger partial charge in [-0.1, -0.05) is 13.8 Å². The highest BCUT2D eigenvalue weighted by atomic mass is 16.1. The highest BCUT2D eigenvalue weighted by molar-refractivity contribution is 5.85. The number of hydrogen-bond acceptors (Lipinski definition) is 3. The smallest absolute Gasteiger partial charge is 0.237 e. The molecule has 2 fully saturated rings. The molecule has 0 aliphatic heterocycles. The Morgan fingerprint density at radius 2 is 1.95 bits per heavy atom. The Labute approximate surface area is 123 Å². The molecule has 20 heavy (non-hydrogen) atoms. The predicted octanol–water partition coefficient (Wildman–Crippen LogP) is 1.88. The molecule has 0 aromatic heterocycles. The summed E-state index contributed by atoms with van der Waals surface area (Å²) in [5.41, 5.74) is 5.29. The molecule has 2 rings (SSSR count). The van der Waals surface area contributed by atoms with E-state index in [4.69, 9.17) is 5.73 Å². The monoisotopic (exact) mass is 281 g/mol. The highest BCUT2D eigenvalue weighted by Crippen LogP contribution is 2.35. The number of primary amides is 1. The lowest BCUT2D eigenvalue weighted by molar-refractivity contribution is -0.127. The van der Waals surface area contributed by atoms with Crippen molar-refractivity contribution in [3.63, 3.8) is 0 Å². The van der Waals surface area contributed by atoms with Crippen molar-refractivity contribution in [2.75, 3.05) is 7.05 Å². The third kappa shape index (κ3) is 3.34. The lowest BCUT2D eigenvalue weighted by atomic mass is 9.77. The van der Waals surface area contributed by atoms with E-state index in [2.05, 4.69) is 38.0 Å². The average molecular weight is 281 g/mol. The summed E-state index contributed by atoms with van der Waals surface area (Å²) in [6, 6.07) is 1.51. The maximum Gasteiger partial charge on any atom is 0.237 e. The third-order valence-corrected chi connectivity index (χ3v) is 5.44. The Kier molecular flexibility index (Phi) is 4.75. The van der Waals surface area contributed by atoms with Gasteiger partial charge in [-0.25, -0.2) is 0 Å². The molecule has 0 radical (unpaired) electrons. The van der Waals surface area contributed by atoms with Crippen LogP contribution in [0.1, 0.15) is 59.3 Å². The van der Waals surface area contributed by atoms with E-state index in [-0.39, 0.29) is 5.91 Å². The van der Waals surface area contributed by atoms with Crippen LogP contribution in [0.3, 0.4) is 0 Å². The maximum atomic E-state index is 12.1. The first-order chi connectivity index (χ1) is 9.35. The minimum atomic E-state index is -0.463. The normalized spacial score (nSPS) is 32.6. The molecule has 2 aliphatic rings. The molecule has 4 heteroatoms. The molecule has 0 heterocycles. The molecular weight excluding hydrogens is 250 g/mol. The van der Waals surface area contributed by atoms with Crippen LogP contribution in [0.4, 0.5) is 0 Å². The van der Waals surface area contributed by atoms with Gasteiger partial charge in [-0.05, 0) is 58.4 Å². The van der Waals surface area contributed by atoms with Crippen molar-refractivity contribution in [2.24, 2.45) is 11.7 Å². The van der Waals surface area contributed by atoms with Crippen LogP contribution in [0, 0.1) is 5.92 Å². The van der Waals surface area contributed by atoms with Crippen LogP contribution in [0.25, 0.3) is 0 Å². The first kappa shape index (κ1) is 15.8. The van der Waals surface area contributed by atoms with E-state index in [9.17, 15) is 4.79 Å². The summed E-state index contributed by atoms with van der Waals surface area (Å²) in [4.78, 5) is 14.5. The van der Waals surface area contributed by atoms with Crippen LogP contribution in [0.2, 0.25) is 0 Å². The summed E-state index contributed by atoms with van der Waals surface area (Å²) < 4.78 is 0. The Hall–Kier alpha value is -0.610. The fraction of sp³-hybridized carbons (Fsp3) is 0.938. The Morgan fingerprint density at radius 3 is 2.45 bits per heavy atom. The number of carbonyl (C=O) groups is 1. The Balaban J connectivity index is 2.06. The number of nitrogens with two attached hydrogens (primary N) is 1. The van der Waals surface area contributed by atoms with E-state index >= 15 is 0 Å². The zero-order valence-electron chi connectivity index (χ0n) is 13.5. The highest BCUT2D eigenvalue weighted by Gasteiger charge is 2.45. The van der Waals surface area contributed by atoms with Crippen LogP contribution in [-0.4, -0.2) is 41.5 Å². The minimum Gasteiger partial charge on any atom is -0.368 e. The number of nitrogens with zero attached hydrogens (tertiary/aromatic N) is 1. The molecule has 2 aliphatic carbocycles. The van der Waals surface area contributed by atoms with E-state index in [0.717, 1.165) is 19.3 Å². The van der Waals surface area contributed by atoms with E-state index in [1.54, 1.807) is 0 Å². The van der Waals surface area contributed by atoms with Crippen molar-refractivity contribution in [3.05, 3.63) is 0 Å². The van der Waals surface area contributed by atoms with Gasteiger partial charge < -0.3 is 16.0 Å². The van der Waals surface area contributed by atoms with Crippen molar-refractivity contribution in [1.82, 2.24) is 10.2 Å². The number of nitrogens with one attached hydrogen (secondary N) is 1. The van der Waals surface area contributed by atoms with Crippen molar-refractivity contribution < 1.29 is 4.79 Å². The summed E-state index contributed by atoms with van der Waals surface area (Å²) in [7, 11) is 2.20. The van der Waals surface area contributed by atoms with Gasteiger partial charge in [-0.2, -0.15) is 0 Å². The predicted molar refractivity (Wildman–Crippen MR) is 82.4 cm³/mol. The topological polar surface area (TPSA) is 58.4 Å². The van der Waals surface area contributed by atoms with Crippen molar-refractivity contribution in [2.45, 2.75) is 83.0 Å². The molecular formula is C16H31N3O. The van der Waals surface area contributed by atoms with Gasteiger partial charge in [0.25, 0.3) is 0 Å². The van der Waals surface area contributed by atoms with Crippen LogP contribution < -0.4 is 11.1 Å². The lowest BCUT2D eigenvalue weighted by Crippen LogP contribution is -2.61. The minimum absolute atomic E-state index is 0.153. The van der Waals surface area contributed by atoms with E-state index < -0.39 is 5.54 Å². The molecule has 3 atom stereocenters. The van der Waals surface area contributed by atoms with Crippen LogP contribution in [-0.2, 0) is 4.79 Å². The second kappa shape index (κ2) is 6.02. The number of hydrogen-bond donors (Lipinski definition) is 2. The van der Waals surface area contributed by atoms with Crippen molar-refractivity contribution in [1.29, 1.82) is 0 Å². The number of amides is 1. The summed E-state index contributed by atoms with van der Waals surface area (Å²) >= 11 is 0. The van der Waals surface area contributed by atoms with Gasteiger partial charge in [0.05, 0.1) is 5.54 Å². The van der Waals surface area contributed by atoms with Gasteiger partial charge in [0.1, 0.15) is 0 Å². The zero-order valence-corrected chi connectivity index (χ0v) is 13.5. The van der Waals surface area contributed by atoms with Crippen LogP contribution >= 0.6 is 0 Å². The molecule has 4 nitrogen and oxygen atoms in total. The molecule has 0 aromatic carbocycles. The van der Waals surface area contributed by atoms with Crippen molar-refractivity contribution in [3.8, 4) is 0 Å². The molecule has 0 bridgehead atoms. The Bertz CT molecular complexity index is 354. The molecule has 3 unspecified atom stereocenters. The third-order valence-electron chi connectivity index (χ3n) is 5.44. The zero-order chi connectivity index (χ0) is 14.9. The molecule has 0 saturated heterocycles. The molecule has 116 valence electrons. The molecule has 3 N–H and O–H groups in total. The first-order valence-electron chi connectivity index (χ1n) is 8.15. The molecule has 0 spiro atoms. The van der Waals surface area contributed by atoms with Gasteiger partial charge in [-0.3, -0.25) is 4.79 Å². The second-order valence-electron chi connectivity index (χ2n) is 7.27.